The number of methoxy groups -OCH3 is 1. The summed E-state index contributed by atoms with van der Waals surface area (Å²) >= 11 is 0. The normalized spacial score (nSPS) is 14.2. The van der Waals surface area contributed by atoms with Crippen LogP contribution in [0.25, 0.3) is 5.82 Å². The average Bonchev–Trinajstić information content (AvgIpc) is 3.28. The Labute approximate surface area is 167 Å². The molecule has 1 saturated heterocycles. The van der Waals surface area contributed by atoms with Crippen LogP contribution >= 0.6 is 0 Å². The van der Waals surface area contributed by atoms with E-state index in [1.165, 1.54) is 19.2 Å². The summed E-state index contributed by atoms with van der Waals surface area (Å²) in [7, 11) is 1.40. The molecule has 0 saturated carbocycles. The van der Waals surface area contributed by atoms with Crippen LogP contribution in [0.5, 0.6) is 5.75 Å². The van der Waals surface area contributed by atoms with Crippen LogP contribution in [0.15, 0.2) is 43.0 Å². The van der Waals surface area contributed by atoms with E-state index >= 15 is 0 Å². The van der Waals surface area contributed by atoms with Crippen LogP contribution in [-0.2, 0) is 0 Å². The van der Waals surface area contributed by atoms with Gasteiger partial charge in [-0.3, -0.25) is 9.36 Å². The fourth-order valence-electron chi connectivity index (χ4n) is 3.35. The van der Waals surface area contributed by atoms with Crippen molar-refractivity contribution in [3.8, 4) is 11.6 Å². The smallest absolute Gasteiger partial charge is 0.254 e. The van der Waals surface area contributed by atoms with Crippen LogP contribution in [0.4, 0.5) is 10.2 Å². The highest BCUT2D eigenvalue weighted by Crippen LogP contribution is 2.21. The number of nitrogens with zero attached hydrogens (tertiary/aromatic N) is 6. The number of halogens is 1. The molecule has 0 N–H and O–H groups in total. The minimum Gasteiger partial charge on any atom is -0.494 e. The average molecular weight is 396 g/mol. The van der Waals surface area contributed by atoms with Gasteiger partial charge in [-0.05, 0) is 25.1 Å². The third kappa shape index (κ3) is 3.89. The second-order valence-electron chi connectivity index (χ2n) is 6.73. The number of hydrogen-bond donors (Lipinski definition) is 0. The van der Waals surface area contributed by atoms with Crippen LogP contribution in [0, 0.1) is 12.7 Å². The summed E-state index contributed by atoms with van der Waals surface area (Å²) in [4.78, 5) is 29.6. The Hall–Kier alpha value is -3.49. The van der Waals surface area contributed by atoms with Gasteiger partial charge in [-0.1, -0.05) is 0 Å². The molecule has 150 valence electrons. The number of aromatic nitrogens is 4. The van der Waals surface area contributed by atoms with Gasteiger partial charge in [-0.15, -0.1) is 0 Å². The molecule has 0 bridgehead atoms. The number of carbonyl (C=O) groups is 1. The van der Waals surface area contributed by atoms with E-state index in [4.69, 9.17) is 4.74 Å². The second-order valence-corrected chi connectivity index (χ2v) is 6.73. The molecule has 2 aromatic heterocycles. The van der Waals surface area contributed by atoms with Crippen LogP contribution in [0.2, 0.25) is 0 Å². The molecule has 1 amide bonds. The zero-order valence-corrected chi connectivity index (χ0v) is 16.2. The van der Waals surface area contributed by atoms with Gasteiger partial charge in [-0.25, -0.2) is 19.3 Å². The quantitative estimate of drug-likeness (QED) is 0.672. The molecule has 0 aliphatic carbocycles. The van der Waals surface area contributed by atoms with E-state index in [0.717, 1.165) is 11.6 Å². The van der Waals surface area contributed by atoms with Crippen LogP contribution in [-0.4, -0.2) is 63.6 Å². The molecule has 1 aliphatic rings. The van der Waals surface area contributed by atoms with Gasteiger partial charge in [0.05, 0.1) is 7.11 Å². The number of piperazine rings is 1. The summed E-state index contributed by atoms with van der Waals surface area (Å²) in [6.45, 7) is 4.15. The Kier molecular flexibility index (Phi) is 5.11. The Morgan fingerprint density at radius 2 is 1.86 bits per heavy atom. The number of amides is 1. The molecule has 9 heteroatoms. The van der Waals surface area contributed by atoms with Crippen molar-refractivity contribution in [3.05, 3.63) is 60.2 Å². The zero-order chi connectivity index (χ0) is 20.4. The molecule has 1 aromatic carbocycles. The summed E-state index contributed by atoms with van der Waals surface area (Å²) in [5.74, 6) is 1.61. The number of ether oxygens (including phenoxy) is 1. The molecule has 1 fully saturated rings. The molecule has 8 nitrogen and oxygen atoms in total. The lowest BCUT2D eigenvalue weighted by Gasteiger charge is -2.35. The highest BCUT2D eigenvalue weighted by Gasteiger charge is 2.24. The van der Waals surface area contributed by atoms with Gasteiger partial charge in [-0.2, -0.15) is 0 Å². The van der Waals surface area contributed by atoms with E-state index in [1.807, 2.05) is 23.8 Å². The lowest BCUT2D eigenvalue weighted by Crippen LogP contribution is -2.49. The van der Waals surface area contributed by atoms with Gasteiger partial charge >= 0.3 is 0 Å². The second kappa shape index (κ2) is 7.86. The molecule has 3 aromatic rings. The summed E-state index contributed by atoms with van der Waals surface area (Å²) in [5, 5.41) is 0. The summed E-state index contributed by atoms with van der Waals surface area (Å²) in [6, 6.07) is 6.19. The maximum Gasteiger partial charge on any atom is 0.254 e. The highest BCUT2D eigenvalue weighted by atomic mass is 19.1. The van der Waals surface area contributed by atoms with Crippen molar-refractivity contribution >= 4 is 11.7 Å². The SMILES string of the molecule is COc1ccc(C(=O)N2CCN(c3cc(-n4ccnc4)nc(C)n3)CC2)cc1F. The third-order valence-electron chi connectivity index (χ3n) is 4.87. The monoisotopic (exact) mass is 396 g/mol. The Bertz CT molecular complexity index is 1020. The number of benzene rings is 1. The lowest BCUT2D eigenvalue weighted by molar-refractivity contribution is 0.0746. The predicted molar refractivity (Wildman–Crippen MR) is 105 cm³/mol. The molecule has 29 heavy (non-hydrogen) atoms. The first-order valence-electron chi connectivity index (χ1n) is 9.27. The van der Waals surface area contributed by atoms with Gasteiger partial charge < -0.3 is 14.5 Å². The van der Waals surface area contributed by atoms with Crippen molar-refractivity contribution in [3.63, 3.8) is 0 Å². The Morgan fingerprint density at radius 1 is 1.10 bits per heavy atom. The van der Waals surface area contributed by atoms with Crippen LogP contribution < -0.4 is 9.64 Å². The first-order valence-corrected chi connectivity index (χ1v) is 9.27. The number of hydrogen-bond acceptors (Lipinski definition) is 6. The number of imidazole rings is 1. The number of carbonyl (C=O) groups excluding carboxylic acids is 1. The Morgan fingerprint density at radius 3 is 2.52 bits per heavy atom. The van der Waals surface area contributed by atoms with Crippen molar-refractivity contribution in [1.82, 2.24) is 24.4 Å². The maximum atomic E-state index is 13.9. The first kappa shape index (κ1) is 18.9. The zero-order valence-electron chi connectivity index (χ0n) is 16.2. The fraction of sp³-hybridized carbons (Fsp3) is 0.300. The molecule has 0 spiro atoms. The largest absolute Gasteiger partial charge is 0.494 e. The summed E-state index contributed by atoms with van der Waals surface area (Å²) in [6.07, 6.45) is 5.22. The van der Waals surface area contributed by atoms with Gasteiger partial charge in [0.2, 0.25) is 0 Å². The molecular weight excluding hydrogens is 375 g/mol. The van der Waals surface area contributed by atoms with Crippen LogP contribution in [0.1, 0.15) is 16.2 Å². The van der Waals surface area contributed by atoms with Crippen molar-refractivity contribution < 1.29 is 13.9 Å². The minimum absolute atomic E-state index is 0.124. The predicted octanol–water partition coefficient (Wildman–Crippen LogP) is 2.08. The van der Waals surface area contributed by atoms with E-state index < -0.39 is 5.82 Å². The van der Waals surface area contributed by atoms with Crippen molar-refractivity contribution in [1.29, 1.82) is 0 Å². The van der Waals surface area contributed by atoms with E-state index in [2.05, 4.69) is 19.9 Å². The molecular formula is C20H21FN6O2. The van der Waals surface area contributed by atoms with E-state index in [1.54, 1.807) is 23.5 Å². The maximum absolute atomic E-state index is 13.9. The van der Waals surface area contributed by atoms with Crippen molar-refractivity contribution in [2.45, 2.75) is 6.92 Å². The summed E-state index contributed by atoms with van der Waals surface area (Å²) in [5.41, 5.74) is 0.317. The molecule has 0 radical (unpaired) electrons. The first-order chi connectivity index (χ1) is 14.0. The standard InChI is InChI=1S/C20H21FN6O2/c1-14-23-18(12-19(24-14)27-6-5-22-13-27)25-7-9-26(10-8-25)20(28)15-3-4-17(29-2)16(21)11-15/h3-6,11-13H,7-10H2,1-2H3. The van der Waals surface area contributed by atoms with Gasteiger partial charge in [0.1, 0.15) is 23.8 Å². The number of aryl methyl sites for hydroxylation is 1. The molecule has 0 unspecified atom stereocenters. The highest BCUT2D eigenvalue weighted by molar-refractivity contribution is 5.94. The van der Waals surface area contributed by atoms with Gasteiger partial charge in [0.15, 0.2) is 11.6 Å². The minimum atomic E-state index is -0.541. The third-order valence-corrected chi connectivity index (χ3v) is 4.87. The molecule has 3 heterocycles. The van der Waals surface area contributed by atoms with Gasteiger partial charge in [0, 0.05) is 50.2 Å². The molecule has 1 aliphatic heterocycles. The van der Waals surface area contributed by atoms with E-state index in [9.17, 15) is 9.18 Å². The molecule has 4 rings (SSSR count). The fourth-order valence-corrected chi connectivity index (χ4v) is 3.35. The lowest BCUT2D eigenvalue weighted by atomic mass is 10.1. The summed E-state index contributed by atoms with van der Waals surface area (Å²) < 4.78 is 20.7. The van der Waals surface area contributed by atoms with Gasteiger partial charge in [0.25, 0.3) is 5.91 Å². The molecule has 0 atom stereocenters. The van der Waals surface area contributed by atoms with Crippen molar-refractivity contribution in [2.24, 2.45) is 0 Å². The van der Waals surface area contributed by atoms with Crippen LogP contribution in [0.3, 0.4) is 0 Å². The van der Waals surface area contributed by atoms with Crippen molar-refractivity contribution in [2.75, 3.05) is 38.2 Å². The van der Waals surface area contributed by atoms with E-state index in [-0.39, 0.29) is 11.7 Å². The van der Waals surface area contributed by atoms with E-state index in [0.29, 0.717) is 37.6 Å². The number of anilines is 1. The Balaban J connectivity index is 1.46. The topological polar surface area (TPSA) is 76.4 Å². The number of rotatable bonds is 4.